The molecule has 1 saturated carbocycles. The number of methoxy groups -OCH3 is 1. The molecule has 0 radical (unpaired) electrons. The molecule has 1 aromatic carbocycles. The molecule has 3 aromatic rings. The number of hydrogen-bond acceptors (Lipinski definition) is 9. The number of hydrogen-bond donors (Lipinski definition) is 3. The van der Waals surface area contributed by atoms with Crippen molar-refractivity contribution < 1.29 is 36.0 Å². The van der Waals surface area contributed by atoms with Gasteiger partial charge in [0.2, 0.25) is 0 Å². The third-order valence-electron chi connectivity index (χ3n) is 5.95. The van der Waals surface area contributed by atoms with Gasteiger partial charge < -0.3 is 19.7 Å². The molecule has 0 unspecified atom stereocenters. The van der Waals surface area contributed by atoms with Crippen molar-refractivity contribution in [3.05, 3.63) is 71.7 Å². The third-order valence-corrected chi connectivity index (χ3v) is 6.95. The lowest BCUT2D eigenvalue weighted by atomic mass is 10.1. The first-order chi connectivity index (χ1) is 17.6. The number of rotatable bonds is 10. The Labute approximate surface area is 211 Å². The minimum absolute atomic E-state index is 0.0213. The number of halogens is 2. The number of aromatic nitrogens is 3. The third kappa shape index (κ3) is 5.93. The minimum Gasteiger partial charge on any atom is -0.494 e. The Hall–Kier alpha value is -3.46. The normalized spacial score (nSPS) is 21.6. The lowest BCUT2D eigenvalue weighted by Gasteiger charge is -2.17. The SMILES string of the molecule is CNS(=O)(=O)O[C@@H]1C[C@@H](Nc2ncncc2C(=O)c2ccn(Cc3ccc(F)c(OC)c3)c2)[C@@H](F)[C@@H]1O. The fraction of sp³-hybridized carbons (Fsp3) is 0.348. The number of benzene rings is 1. The van der Waals surface area contributed by atoms with Gasteiger partial charge in [-0.1, -0.05) is 6.07 Å². The molecule has 0 aliphatic heterocycles. The number of ketones is 1. The molecule has 0 spiro atoms. The fourth-order valence-electron chi connectivity index (χ4n) is 4.04. The van der Waals surface area contributed by atoms with Crippen LogP contribution < -0.4 is 14.8 Å². The van der Waals surface area contributed by atoms with E-state index in [4.69, 9.17) is 8.92 Å². The van der Waals surface area contributed by atoms with E-state index in [-0.39, 0.29) is 23.6 Å². The first-order valence-electron chi connectivity index (χ1n) is 11.1. The van der Waals surface area contributed by atoms with Crippen molar-refractivity contribution in [2.75, 3.05) is 19.5 Å². The second kappa shape index (κ2) is 10.9. The molecule has 4 rings (SSSR count). The van der Waals surface area contributed by atoms with Gasteiger partial charge in [0.1, 0.15) is 30.5 Å². The van der Waals surface area contributed by atoms with E-state index in [1.165, 1.54) is 25.7 Å². The van der Waals surface area contributed by atoms with Crippen LogP contribution in [0.5, 0.6) is 5.75 Å². The van der Waals surface area contributed by atoms with Gasteiger partial charge in [-0.15, -0.1) is 0 Å². The van der Waals surface area contributed by atoms with Gasteiger partial charge in [-0.25, -0.2) is 18.7 Å². The zero-order valence-electron chi connectivity index (χ0n) is 19.8. The van der Waals surface area contributed by atoms with Crippen molar-refractivity contribution in [3.63, 3.8) is 0 Å². The molecule has 198 valence electrons. The zero-order valence-corrected chi connectivity index (χ0v) is 20.7. The molecule has 2 aromatic heterocycles. The summed E-state index contributed by atoms with van der Waals surface area (Å²) in [6.07, 6.45) is 0.600. The summed E-state index contributed by atoms with van der Waals surface area (Å²) < 4.78 is 65.3. The highest BCUT2D eigenvalue weighted by Gasteiger charge is 2.46. The molecule has 0 bridgehead atoms. The summed E-state index contributed by atoms with van der Waals surface area (Å²) in [6.45, 7) is 0.348. The summed E-state index contributed by atoms with van der Waals surface area (Å²) in [5, 5.41) is 12.9. The monoisotopic (exact) mass is 537 g/mol. The Morgan fingerprint density at radius 2 is 2.11 bits per heavy atom. The highest BCUT2D eigenvalue weighted by atomic mass is 32.2. The molecule has 14 heteroatoms. The predicted octanol–water partition coefficient (Wildman–Crippen LogP) is 1.44. The smallest absolute Gasteiger partial charge is 0.335 e. The van der Waals surface area contributed by atoms with Crippen LogP contribution in [0.1, 0.15) is 27.9 Å². The van der Waals surface area contributed by atoms with Gasteiger partial charge in [-0.2, -0.15) is 13.1 Å². The molecule has 11 nitrogen and oxygen atoms in total. The lowest BCUT2D eigenvalue weighted by Crippen LogP contribution is -2.35. The standard InChI is InChI=1S/C23H25F2N5O6S/c1-26-37(33,34)36-19-8-17(20(25)22(19)32)29-23-15(9-27-12-28-23)21(31)14-5-6-30(11-14)10-13-3-4-16(24)18(7-13)35-2/h3-7,9,11-12,17,19-20,22,26,32H,8,10H2,1-2H3,(H,27,28,29)/t17-,19-,20-,22-/m1/s1. The first-order valence-corrected chi connectivity index (χ1v) is 12.6. The Morgan fingerprint density at radius 3 is 2.84 bits per heavy atom. The van der Waals surface area contributed by atoms with Crippen LogP contribution >= 0.6 is 0 Å². The van der Waals surface area contributed by atoms with Crippen LogP contribution in [0, 0.1) is 5.82 Å². The first kappa shape index (κ1) is 26.6. The molecule has 0 amide bonds. The van der Waals surface area contributed by atoms with Crippen molar-refractivity contribution in [3.8, 4) is 5.75 Å². The van der Waals surface area contributed by atoms with E-state index in [1.807, 2.05) is 4.72 Å². The maximum absolute atomic E-state index is 14.8. The number of aliphatic hydroxyl groups is 1. The summed E-state index contributed by atoms with van der Waals surface area (Å²) in [6, 6.07) is 4.97. The summed E-state index contributed by atoms with van der Waals surface area (Å²) in [7, 11) is -1.65. The average Bonchev–Trinajstić information content (AvgIpc) is 3.45. The van der Waals surface area contributed by atoms with Gasteiger partial charge in [0.05, 0.1) is 18.7 Å². The van der Waals surface area contributed by atoms with Crippen molar-refractivity contribution in [2.24, 2.45) is 0 Å². The van der Waals surface area contributed by atoms with Gasteiger partial charge in [-0.3, -0.25) is 8.98 Å². The van der Waals surface area contributed by atoms with E-state index in [1.54, 1.807) is 35.2 Å². The van der Waals surface area contributed by atoms with Crippen LogP contribution in [0.2, 0.25) is 0 Å². The Kier molecular flexibility index (Phi) is 7.82. The predicted molar refractivity (Wildman–Crippen MR) is 128 cm³/mol. The highest BCUT2D eigenvalue weighted by Crippen LogP contribution is 2.30. The van der Waals surface area contributed by atoms with Crippen molar-refractivity contribution >= 4 is 21.9 Å². The van der Waals surface area contributed by atoms with Crippen LogP contribution in [0.15, 0.2) is 49.2 Å². The topological polar surface area (TPSA) is 145 Å². The molecule has 1 fully saturated rings. The molecule has 4 atom stereocenters. The van der Waals surface area contributed by atoms with E-state index in [0.29, 0.717) is 12.1 Å². The Balaban J connectivity index is 1.49. The summed E-state index contributed by atoms with van der Waals surface area (Å²) in [4.78, 5) is 21.2. The van der Waals surface area contributed by atoms with Crippen molar-refractivity contribution in [2.45, 2.75) is 37.4 Å². The quantitative estimate of drug-likeness (QED) is 0.327. The number of carbonyl (C=O) groups excluding carboxylic acids is 1. The van der Waals surface area contributed by atoms with E-state index in [0.717, 1.165) is 12.6 Å². The maximum atomic E-state index is 14.8. The second-order valence-electron chi connectivity index (χ2n) is 8.37. The number of ether oxygens (including phenoxy) is 1. The lowest BCUT2D eigenvalue weighted by molar-refractivity contribution is 0.0248. The number of nitrogens with one attached hydrogen (secondary N) is 2. The molecule has 1 aliphatic carbocycles. The van der Waals surface area contributed by atoms with Gasteiger partial charge >= 0.3 is 10.3 Å². The molecular formula is C23H25F2N5O6S. The number of nitrogens with zero attached hydrogens (tertiary/aromatic N) is 3. The number of aliphatic hydroxyl groups excluding tert-OH is 1. The van der Waals surface area contributed by atoms with E-state index < -0.39 is 46.3 Å². The Morgan fingerprint density at radius 1 is 1.32 bits per heavy atom. The summed E-state index contributed by atoms with van der Waals surface area (Å²) in [5.41, 5.74) is 1.11. The van der Waals surface area contributed by atoms with Crippen LogP contribution in [-0.2, 0) is 21.0 Å². The van der Waals surface area contributed by atoms with Gasteiger partial charge in [0, 0.05) is 44.2 Å². The Bertz CT molecular complexity index is 1390. The van der Waals surface area contributed by atoms with Crippen LogP contribution in [0.25, 0.3) is 0 Å². The average molecular weight is 538 g/mol. The molecule has 1 aliphatic rings. The van der Waals surface area contributed by atoms with E-state index in [2.05, 4.69) is 15.3 Å². The number of alkyl halides is 1. The largest absolute Gasteiger partial charge is 0.494 e. The van der Waals surface area contributed by atoms with Crippen molar-refractivity contribution in [1.29, 1.82) is 0 Å². The fourth-order valence-corrected chi connectivity index (χ4v) is 4.65. The molecular weight excluding hydrogens is 512 g/mol. The maximum Gasteiger partial charge on any atom is 0.335 e. The number of anilines is 1. The van der Waals surface area contributed by atoms with E-state index in [9.17, 15) is 27.1 Å². The van der Waals surface area contributed by atoms with Crippen molar-refractivity contribution in [1.82, 2.24) is 19.3 Å². The van der Waals surface area contributed by atoms with Crippen LogP contribution in [0.4, 0.5) is 14.6 Å². The van der Waals surface area contributed by atoms with E-state index >= 15 is 0 Å². The second-order valence-corrected chi connectivity index (χ2v) is 9.88. The summed E-state index contributed by atoms with van der Waals surface area (Å²) in [5.74, 6) is -0.797. The highest BCUT2D eigenvalue weighted by molar-refractivity contribution is 7.84. The molecule has 2 heterocycles. The molecule has 0 saturated heterocycles. The van der Waals surface area contributed by atoms with Gasteiger partial charge in [-0.05, 0) is 23.8 Å². The zero-order chi connectivity index (χ0) is 26.7. The van der Waals surface area contributed by atoms with Gasteiger partial charge in [0.25, 0.3) is 0 Å². The van der Waals surface area contributed by atoms with Crippen LogP contribution in [0.3, 0.4) is 0 Å². The number of carbonyl (C=O) groups is 1. The molecule has 3 N–H and O–H groups in total. The molecule has 37 heavy (non-hydrogen) atoms. The minimum atomic E-state index is -4.15. The summed E-state index contributed by atoms with van der Waals surface area (Å²) >= 11 is 0. The van der Waals surface area contributed by atoms with Crippen LogP contribution in [-0.4, -0.2) is 72.4 Å². The van der Waals surface area contributed by atoms with Gasteiger partial charge in [0.15, 0.2) is 17.3 Å².